The minimum Gasteiger partial charge on any atom is -0.135 e. The molecule has 1 aliphatic rings. The maximum absolute atomic E-state index is 6.74. The maximum Gasteiger partial charge on any atom is 0.0502 e. The van der Waals surface area contributed by atoms with E-state index in [0.29, 0.717) is 0 Å². The van der Waals surface area contributed by atoms with Crippen LogP contribution in [0.2, 0.25) is 5.02 Å². The second-order valence-corrected chi connectivity index (χ2v) is 8.24. The Bertz CT molecular complexity index is 1100. The molecule has 23 heavy (non-hydrogen) atoms. The smallest absolute Gasteiger partial charge is 0.0502 e. The average molecular weight is 335 g/mol. The van der Waals surface area contributed by atoms with Crippen molar-refractivity contribution in [2.75, 3.05) is 0 Å². The first-order valence-corrected chi connectivity index (χ1v) is 9.02. The van der Waals surface area contributed by atoms with E-state index >= 15 is 0 Å². The molecule has 0 unspecified atom stereocenters. The third-order valence-corrected chi connectivity index (χ3v) is 6.53. The van der Waals surface area contributed by atoms with Crippen LogP contribution in [-0.4, -0.2) is 0 Å². The molecule has 0 atom stereocenters. The minimum atomic E-state index is -0.0288. The first-order chi connectivity index (χ1) is 11.1. The predicted molar refractivity (Wildman–Crippen MR) is 102 cm³/mol. The van der Waals surface area contributed by atoms with E-state index in [-0.39, 0.29) is 5.41 Å². The summed E-state index contributed by atoms with van der Waals surface area (Å²) in [5.74, 6) is 0. The number of rotatable bonds is 0. The average Bonchev–Trinajstić information content (AvgIpc) is 3.01. The summed E-state index contributed by atoms with van der Waals surface area (Å²) < 4.78 is 2.62. The SMILES string of the molecule is CC1(C)c2ccccc2-c2c(Cl)cc3sc4ccccc4c3c21. The Balaban J connectivity index is 2.07. The second-order valence-electron chi connectivity index (χ2n) is 6.75. The topological polar surface area (TPSA) is 0 Å². The summed E-state index contributed by atoms with van der Waals surface area (Å²) >= 11 is 8.57. The molecule has 0 aliphatic heterocycles. The summed E-state index contributed by atoms with van der Waals surface area (Å²) in [6, 6.07) is 19.5. The van der Waals surface area contributed by atoms with Crippen molar-refractivity contribution < 1.29 is 0 Å². The van der Waals surface area contributed by atoms with Crippen molar-refractivity contribution in [1.29, 1.82) is 0 Å². The molecule has 1 heterocycles. The molecule has 1 aliphatic carbocycles. The van der Waals surface area contributed by atoms with E-state index in [1.807, 2.05) is 11.3 Å². The van der Waals surface area contributed by atoms with Crippen LogP contribution in [0.15, 0.2) is 54.6 Å². The molecule has 0 radical (unpaired) electrons. The van der Waals surface area contributed by atoms with Gasteiger partial charge in [0.15, 0.2) is 0 Å². The van der Waals surface area contributed by atoms with Gasteiger partial charge in [-0.1, -0.05) is 67.9 Å². The van der Waals surface area contributed by atoms with Crippen LogP contribution in [0.1, 0.15) is 25.0 Å². The molecule has 1 aromatic heterocycles. The Morgan fingerprint density at radius 3 is 2.52 bits per heavy atom. The molecule has 0 saturated carbocycles. The van der Waals surface area contributed by atoms with Crippen molar-refractivity contribution in [1.82, 2.24) is 0 Å². The van der Waals surface area contributed by atoms with E-state index in [4.69, 9.17) is 11.6 Å². The third kappa shape index (κ3) is 1.62. The van der Waals surface area contributed by atoms with Gasteiger partial charge in [-0.05, 0) is 28.8 Å². The van der Waals surface area contributed by atoms with Crippen LogP contribution < -0.4 is 0 Å². The Morgan fingerprint density at radius 1 is 0.913 bits per heavy atom. The Kier molecular flexibility index (Phi) is 2.58. The van der Waals surface area contributed by atoms with Gasteiger partial charge in [0.2, 0.25) is 0 Å². The van der Waals surface area contributed by atoms with E-state index < -0.39 is 0 Å². The highest BCUT2D eigenvalue weighted by Gasteiger charge is 2.38. The lowest BCUT2D eigenvalue weighted by Crippen LogP contribution is -2.15. The van der Waals surface area contributed by atoms with Crippen molar-refractivity contribution in [3.63, 3.8) is 0 Å². The van der Waals surface area contributed by atoms with Crippen LogP contribution in [0, 0.1) is 0 Å². The summed E-state index contributed by atoms with van der Waals surface area (Å²) in [5, 5.41) is 3.60. The molecule has 112 valence electrons. The molecule has 4 aromatic rings. The van der Waals surface area contributed by atoms with E-state index in [0.717, 1.165) is 5.02 Å². The van der Waals surface area contributed by atoms with Gasteiger partial charge in [-0.25, -0.2) is 0 Å². The molecule has 0 N–H and O–H groups in total. The largest absolute Gasteiger partial charge is 0.135 e. The lowest BCUT2D eigenvalue weighted by atomic mass is 9.80. The summed E-state index contributed by atoms with van der Waals surface area (Å²) in [6.45, 7) is 4.64. The Morgan fingerprint density at radius 2 is 1.65 bits per heavy atom. The quantitative estimate of drug-likeness (QED) is 0.324. The molecule has 0 spiro atoms. The number of benzene rings is 3. The van der Waals surface area contributed by atoms with E-state index in [1.54, 1.807) is 0 Å². The first-order valence-electron chi connectivity index (χ1n) is 7.83. The minimum absolute atomic E-state index is 0.0288. The molecule has 0 bridgehead atoms. The summed E-state index contributed by atoms with van der Waals surface area (Å²) in [5.41, 5.74) is 5.25. The fraction of sp³-hybridized carbons (Fsp3) is 0.143. The van der Waals surface area contributed by atoms with Gasteiger partial charge in [0, 0.05) is 31.2 Å². The van der Waals surface area contributed by atoms with Crippen molar-refractivity contribution in [2.45, 2.75) is 19.3 Å². The normalized spacial score (nSPS) is 15.1. The molecular weight excluding hydrogens is 320 g/mol. The van der Waals surface area contributed by atoms with Crippen LogP contribution in [0.4, 0.5) is 0 Å². The van der Waals surface area contributed by atoms with Gasteiger partial charge in [-0.15, -0.1) is 11.3 Å². The number of hydrogen-bond donors (Lipinski definition) is 0. The second kappa shape index (κ2) is 4.37. The van der Waals surface area contributed by atoms with E-state index in [1.165, 1.54) is 42.4 Å². The van der Waals surface area contributed by atoms with E-state index in [2.05, 4.69) is 68.4 Å². The zero-order valence-electron chi connectivity index (χ0n) is 13.0. The number of thiophene rings is 1. The highest BCUT2D eigenvalue weighted by atomic mass is 35.5. The van der Waals surface area contributed by atoms with Crippen LogP contribution in [0.25, 0.3) is 31.3 Å². The van der Waals surface area contributed by atoms with Gasteiger partial charge < -0.3 is 0 Å². The zero-order chi connectivity index (χ0) is 15.8. The van der Waals surface area contributed by atoms with Crippen LogP contribution in [-0.2, 0) is 5.41 Å². The van der Waals surface area contributed by atoms with Gasteiger partial charge in [0.25, 0.3) is 0 Å². The Labute approximate surface area is 144 Å². The van der Waals surface area contributed by atoms with Gasteiger partial charge >= 0.3 is 0 Å². The predicted octanol–water partition coefficient (Wildman–Crippen LogP) is 7.01. The monoisotopic (exact) mass is 334 g/mol. The van der Waals surface area contributed by atoms with Crippen LogP contribution >= 0.6 is 22.9 Å². The van der Waals surface area contributed by atoms with E-state index in [9.17, 15) is 0 Å². The van der Waals surface area contributed by atoms with Crippen molar-refractivity contribution in [3.8, 4) is 11.1 Å². The highest BCUT2D eigenvalue weighted by Crippen LogP contribution is 2.56. The van der Waals surface area contributed by atoms with Gasteiger partial charge in [-0.3, -0.25) is 0 Å². The summed E-state index contributed by atoms with van der Waals surface area (Å²) in [6.07, 6.45) is 0. The maximum atomic E-state index is 6.74. The zero-order valence-corrected chi connectivity index (χ0v) is 14.6. The van der Waals surface area contributed by atoms with Crippen LogP contribution in [0.5, 0.6) is 0 Å². The lowest BCUT2D eigenvalue weighted by molar-refractivity contribution is 0.667. The number of hydrogen-bond acceptors (Lipinski definition) is 1. The molecule has 0 fully saturated rings. The summed E-state index contributed by atoms with van der Waals surface area (Å²) in [4.78, 5) is 0. The summed E-state index contributed by atoms with van der Waals surface area (Å²) in [7, 11) is 0. The van der Waals surface area contributed by atoms with Gasteiger partial charge in [0.1, 0.15) is 0 Å². The number of fused-ring (bicyclic) bond motifs is 7. The highest BCUT2D eigenvalue weighted by molar-refractivity contribution is 7.25. The lowest BCUT2D eigenvalue weighted by Gasteiger charge is -2.22. The molecule has 5 rings (SSSR count). The van der Waals surface area contributed by atoms with Crippen LogP contribution in [0.3, 0.4) is 0 Å². The third-order valence-electron chi connectivity index (χ3n) is 5.11. The first kappa shape index (κ1) is 13.6. The molecule has 0 saturated heterocycles. The molecule has 2 heteroatoms. The molecule has 3 aromatic carbocycles. The fourth-order valence-electron chi connectivity index (χ4n) is 4.12. The standard InChI is InChI=1S/C21H15ClS/c1-21(2)14-9-5-3-7-12(14)18-15(22)11-17-19(20(18)21)13-8-4-6-10-16(13)23-17/h3-11H,1-2H3. The molecular formula is C21H15ClS. The number of halogens is 1. The van der Waals surface area contributed by atoms with Crippen molar-refractivity contribution in [2.24, 2.45) is 0 Å². The fourth-order valence-corrected chi connectivity index (χ4v) is 5.65. The molecule has 0 nitrogen and oxygen atoms in total. The van der Waals surface area contributed by atoms with Gasteiger partial charge in [0.05, 0.1) is 5.02 Å². The van der Waals surface area contributed by atoms with Crippen molar-refractivity contribution >= 4 is 43.1 Å². The Hall–Kier alpha value is -1.83. The molecule has 0 amide bonds. The van der Waals surface area contributed by atoms with Crippen molar-refractivity contribution in [3.05, 3.63) is 70.7 Å². The van der Waals surface area contributed by atoms with Gasteiger partial charge in [-0.2, -0.15) is 0 Å².